The van der Waals surface area contributed by atoms with Crippen molar-refractivity contribution in [3.05, 3.63) is 81.1 Å². The Bertz CT molecular complexity index is 1210. The number of aromatic nitrogens is 2. The molecule has 138 valence electrons. The molecule has 0 spiro atoms. The number of hydrogen-bond donors (Lipinski definition) is 0. The molecule has 0 aliphatic heterocycles. The first-order chi connectivity index (χ1) is 13.5. The molecule has 0 amide bonds. The molecule has 0 saturated carbocycles. The Labute approximate surface area is 188 Å². The van der Waals surface area contributed by atoms with E-state index in [-0.39, 0.29) is 21.5 Å². The molecule has 2 aliphatic rings. The molecule has 4 unspecified atom stereocenters. The van der Waals surface area contributed by atoms with Crippen LogP contribution >= 0.6 is 55.1 Å². The van der Waals surface area contributed by atoms with Crippen molar-refractivity contribution in [1.29, 1.82) is 0 Å². The van der Waals surface area contributed by atoms with Gasteiger partial charge in [-0.15, -0.1) is 0 Å². The Hall–Kier alpha value is -1.20. The van der Waals surface area contributed by atoms with Crippen LogP contribution in [0.5, 0.6) is 0 Å². The van der Waals surface area contributed by atoms with Crippen molar-refractivity contribution >= 4 is 76.9 Å². The summed E-state index contributed by atoms with van der Waals surface area (Å²) < 4.78 is 0. The van der Waals surface area contributed by atoms with Crippen LogP contribution < -0.4 is 0 Å². The summed E-state index contributed by atoms with van der Waals surface area (Å²) in [6.07, 6.45) is 0. The van der Waals surface area contributed by atoms with Gasteiger partial charge in [-0.25, -0.2) is 0 Å². The van der Waals surface area contributed by atoms with Gasteiger partial charge in [-0.3, -0.25) is 9.97 Å². The fraction of sp³-hybridized carbons (Fsp3) is 0.182. The summed E-state index contributed by atoms with van der Waals surface area (Å²) in [6.45, 7) is 0. The molecule has 0 N–H and O–H groups in total. The second-order valence-corrected chi connectivity index (χ2v) is 10.3. The molecule has 4 aromatic rings. The summed E-state index contributed by atoms with van der Waals surface area (Å²) >= 11 is 20.3. The average Bonchev–Trinajstić information content (AvgIpc) is 3.12. The maximum atomic E-state index is 6.19. The number of fused-ring (bicyclic) bond motifs is 7. The fourth-order valence-electron chi connectivity index (χ4n) is 4.70. The van der Waals surface area contributed by atoms with Gasteiger partial charge in [0.15, 0.2) is 0 Å². The van der Waals surface area contributed by atoms with Crippen molar-refractivity contribution in [2.24, 2.45) is 0 Å². The first-order valence-electron chi connectivity index (χ1n) is 8.99. The highest BCUT2D eigenvalue weighted by Gasteiger charge is 2.52. The summed E-state index contributed by atoms with van der Waals surface area (Å²) in [5.74, 6) is 0.489. The van der Waals surface area contributed by atoms with Crippen LogP contribution in [0.3, 0.4) is 0 Å². The lowest BCUT2D eigenvalue weighted by Gasteiger charge is -2.14. The molecule has 0 radical (unpaired) electrons. The maximum Gasteiger partial charge on any atom is 0.0706 e. The minimum Gasteiger partial charge on any atom is -0.252 e. The molecule has 6 heteroatoms. The van der Waals surface area contributed by atoms with E-state index in [1.807, 2.05) is 36.4 Å². The third-order valence-corrected chi connectivity index (χ3v) is 8.51. The SMILES string of the molecule is Clc1ccc2nc3c(cc2c1)C(Br)C1c2nc4ccc(Cl)cc4cc2C(Br)C31. The molecule has 28 heavy (non-hydrogen) atoms. The second kappa shape index (κ2) is 6.15. The van der Waals surface area contributed by atoms with Crippen LogP contribution in [0.15, 0.2) is 48.5 Å². The van der Waals surface area contributed by atoms with Gasteiger partial charge in [0.2, 0.25) is 0 Å². The molecule has 0 bridgehead atoms. The van der Waals surface area contributed by atoms with Crippen LogP contribution in [0.1, 0.15) is 44.0 Å². The van der Waals surface area contributed by atoms with Crippen LogP contribution in [0.2, 0.25) is 10.0 Å². The van der Waals surface area contributed by atoms with Gasteiger partial charge in [0, 0.05) is 32.7 Å². The van der Waals surface area contributed by atoms with Crippen molar-refractivity contribution in [3.63, 3.8) is 0 Å². The van der Waals surface area contributed by atoms with Crippen LogP contribution in [-0.2, 0) is 0 Å². The molecule has 4 atom stereocenters. The highest BCUT2D eigenvalue weighted by Crippen LogP contribution is 2.65. The lowest BCUT2D eigenvalue weighted by molar-refractivity contribution is 0.609. The molecule has 2 heterocycles. The lowest BCUT2D eigenvalue weighted by Crippen LogP contribution is -2.04. The number of rotatable bonds is 0. The molecular weight excluding hydrogens is 523 g/mol. The van der Waals surface area contributed by atoms with Gasteiger partial charge in [-0.05, 0) is 59.7 Å². The van der Waals surface area contributed by atoms with Gasteiger partial charge in [0.05, 0.1) is 32.1 Å². The van der Waals surface area contributed by atoms with E-state index in [1.54, 1.807) is 0 Å². The smallest absolute Gasteiger partial charge is 0.0706 e. The Morgan fingerprint density at radius 3 is 1.50 bits per heavy atom. The Morgan fingerprint density at radius 1 is 0.643 bits per heavy atom. The number of hydrogen-bond acceptors (Lipinski definition) is 2. The van der Waals surface area contributed by atoms with Crippen molar-refractivity contribution in [1.82, 2.24) is 9.97 Å². The molecule has 2 nitrogen and oxygen atoms in total. The summed E-state index contributed by atoms with van der Waals surface area (Å²) in [6, 6.07) is 16.2. The van der Waals surface area contributed by atoms with Gasteiger partial charge in [-0.1, -0.05) is 55.1 Å². The van der Waals surface area contributed by atoms with Gasteiger partial charge >= 0.3 is 0 Å². The second-order valence-electron chi connectivity index (χ2n) is 7.45. The summed E-state index contributed by atoms with van der Waals surface area (Å²) in [4.78, 5) is 10.4. The molecule has 6 rings (SSSR count). The highest BCUT2D eigenvalue weighted by atomic mass is 79.9. The van der Waals surface area contributed by atoms with E-state index < -0.39 is 0 Å². The van der Waals surface area contributed by atoms with Gasteiger partial charge < -0.3 is 0 Å². The minimum atomic E-state index is 0.168. The van der Waals surface area contributed by atoms with E-state index in [2.05, 4.69) is 44.0 Å². The Balaban J connectivity index is 1.57. The topological polar surface area (TPSA) is 25.8 Å². The molecular formula is C22H12Br2Cl2N2. The van der Waals surface area contributed by atoms with Crippen LogP contribution in [0, 0.1) is 0 Å². The number of benzene rings is 2. The summed E-state index contributed by atoms with van der Waals surface area (Å²) in [5.41, 5.74) is 6.70. The predicted molar refractivity (Wildman–Crippen MR) is 122 cm³/mol. The number of pyridine rings is 2. The first-order valence-corrected chi connectivity index (χ1v) is 11.6. The van der Waals surface area contributed by atoms with E-state index in [9.17, 15) is 0 Å². The monoisotopic (exact) mass is 532 g/mol. The molecule has 0 saturated heterocycles. The van der Waals surface area contributed by atoms with Crippen molar-refractivity contribution in [2.45, 2.75) is 21.5 Å². The van der Waals surface area contributed by atoms with Crippen molar-refractivity contribution in [3.8, 4) is 0 Å². The highest BCUT2D eigenvalue weighted by molar-refractivity contribution is 9.09. The maximum absolute atomic E-state index is 6.19. The molecule has 0 fully saturated rings. The number of alkyl halides is 2. The van der Waals surface area contributed by atoms with E-state index >= 15 is 0 Å². The Morgan fingerprint density at radius 2 is 1.07 bits per heavy atom. The first kappa shape index (κ1) is 17.6. The van der Waals surface area contributed by atoms with Crippen molar-refractivity contribution < 1.29 is 0 Å². The van der Waals surface area contributed by atoms with E-state index in [1.165, 1.54) is 11.1 Å². The fourth-order valence-corrected chi connectivity index (χ4v) is 6.95. The van der Waals surface area contributed by atoms with E-state index in [0.717, 1.165) is 43.2 Å². The summed E-state index contributed by atoms with van der Waals surface area (Å²) in [5, 5.41) is 3.61. The molecule has 2 aromatic heterocycles. The standard InChI is InChI=1S/C22H12Br2Cl2N2/c23-19-13-7-9-5-11(25)1-3-15(9)27-21(13)17-18(19)22-14(20(17)24)8-10-6-12(26)2-4-16(10)28-22/h1-8,17-20H. The van der Waals surface area contributed by atoms with Crippen molar-refractivity contribution in [2.75, 3.05) is 0 Å². The summed E-state index contributed by atoms with van der Waals surface area (Å²) in [7, 11) is 0. The van der Waals surface area contributed by atoms with Crippen LogP contribution in [0.4, 0.5) is 0 Å². The zero-order valence-corrected chi connectivity index (χ0v) is 19.0. The number of nitrogens with zero attached hydrogens (tertiary/aromatic N) is 2. The van der Waals surface area contributed by atoms with Crippen LogP contribution in [0.25, 0.3) is 21.8 Å². The van der Waals surface area contributed by atoms with E-state index in [0.29, 0.717) is 0 Å². The zero-order chi connectivity index (χ0) is 19.2. The minimum absolute atomic E-state index is 0.168. The largest absolute Gasteiger partial charge is 0.252 e. The molecule has 2 aliphatic carbocycles. The quantitative estimate of drug-likeness (QED) is 0.215. The average molecular weight is 535 g/mol. The normalized spacial score (nSPS) is 25.1. The molecule has 2 aromatic carbocycles. The van der Waals surface area contributed by atoms with Gasteiger partial charge in [0.1, 0.15) is 0 Å². The van der Waals surface area contributed by atoms with Gasteiger partial charge in [0.25, 0.3) is 0 Å². The lowest BCUT2D eigenvalue weighted by atomic mass is 9.97. The van der Waals surface area contributed by atoms with Gasteiger partial charge in [-0.2, -0.15) is 0 Å². The third kappa shape index (κ3) is 2.38. The third-order valence-electron chi connectivity index (χ3n) is 5.92. The Kier molecular flexibility index (Phi) is 3.87. The predicted octanol–water partition coefficient (Wildman–Crippen LogP) is 7.86. The zero-order valence-electron chi connectivity index (χ0n) is 14.3. The van der Waals surface area contributed by atoms with E-state index in [4.69, 9.17) is 33.2 Å². The van der Waals surface area contributed by atoms with Crippen LogP contribution in [-0.4, -0.2) is 9.97 Å². The number of halogens is 4.